The average Bonchev–Trinajstić information content (AvgIpc) is 2.88. The molecule has 0 bridgehead atoms. The molecule has 1 saturated heterocycles. The van der Waals surface area contributed by atoms with Crippen LogP contribution in [0.3, 0.4) is 0 Å². The van der Waals surface area contributed by atoms with Gasteiger partial charge in [0.05, 0.1) is 22.5 Å². The molecule has 208 valence electrons. The molecule has 1 aliphatic rings. The highest BCUT2D eigenvalue weighted by atomic mass is 19.4. The van der Waals surface area contributed by atoms with Crippen molar-refractivity contribution in [2.45, 2.75) is 26.1 Å². The Balaban J connectivity index is 1.71. The molecule has 2 heterocycles. The van der Waals surface area contributed by atoms with Gasteiger partial charge >= 0.3 is 6.18 Å². The van der Waals surface area contributed by atoms with Gasteiger partial charge in [0.2, 0.25) is 11.5 Å². The third kappa shape index (κ3) is 6.90. The van der Waals surface area contributed by atoms with Gasteiger partial charge in [0, 0.05) is 61.7 Å². The van der Waals surface area contributed by atoms with Crippen molar-refractivity contribution in [1.82, 2.24) is 9.88 Å². The Labute approximate surface area is 229 Å². The van der Waals surface area contributed by atoms with E-state index in [1.165, 1.54) is 6.92 Å². The van der Waals surface area contributed by atoms with Gasteiger partial charge in [0.1, 0.15) is 0 Å². The summed E-state index contributed by atoms with van der Waals surface area (Å²) in [4.78, 5) is 42.5. The van der Waals surface area contributed by atoms with Crippen LogP contribution < -0.4 is 21.1 Å². The lowest BCUT2D eigenvalue weighted by molar-refractivity contribution is -0.138. The van der Waals surface area contributed by atoms with E-state index in [2.05, 4.69) is 44.2 Å². The third-order valence-corrected chi connectivity index (χ3v) is 6.55. The SMILES string of the molecule is CC(=O)Nc1cccc(C#Cc2ccc(N3CCN(C)[C@@H](C)C3)c(NC(=O)c3c[nH]c(=O)cc3C(F)(F)F)c2)c1. The number of alkyl halides is 3. The number of benzene rings is 2. The molecule has 1 aliphatic heterocycles. The third-order valence-electron chi connectivity index (χ3n) is 6.55. The maximum Gasteiger partial charge on any atom is 0.417 e. The molecule has 1 atom stereocenters. The zero-order valence-electron chi connectivity index (χ0n) is 22.1. The molecule has 8 nitrogen and oxygen atoms in total. The van der Waals surface area contributed by atoms with Crippen LogP contribution in [0.2, 0.25) is 0 Å². The Kier molecular flexibility index (Phi) is 8.30. The second-order valence-electron chi connectivity index (χ2n) is 9.60. The van der Waals surface area contributed by atoms with Crippen LogP contribution in [-0.4, -0.2) is 54.4 Å². The smallest absolute Gasteiger partial charge is 0.367 e. The van der Waals surface area contributed by atoms with Crippen molar-refractivity contribution in [1.29, 1.82) is 0 Å². The molecule has 0 aliphatic carbocycles. The van der Waals surface area contributed by atoms with Crippen LogP contribution in [0.5, 0.6) is 0 Å². The zero-order chi connectivity index (χ0) is 29.0. The maximum atomic E-state index is 13.6. The van der Waals surface area contributed by atoms with Crippen molar-refractivity contribution in [3.8, 4) is 11.8 Å². The molecule has 1 aromatic heterocycles. The van der Waals surface area contributed by atoms with E-state index in [4.69, 9.17) is 0 Å². The Bertz CT molecular complexity index is 1550. The first-order valence-corrected chi connectivity index (χ1v) is 12.5. The summed E-state index contributed by atoms with van der Waals surface area (Å²) >= 11 is 0. The van der Waals surface area contributed by atoms with E-state index in [0.717, 1.165) is 12.7 Å². The molecule has 0 spiro atoms. The van der Waals surface area contributed by atoms with Crippen LogP contribution in [0, 0.1) is 11.8 Å². The molecule has 40 heavy (non-hydrogen) atoms. The summed E-state index contributed by atoms with van der Waals surface area (Å²) in [6, 6.07) is 12.7. The predicted octanol–water partition coefficient (Wildman–Crippen LogP) is 4.14. The predicted molar refractivity (Wildman–Crippen MR) is 147 cm³/mol. The van der Waals surface area contributed by atoms with Gasteiger partial charge < -0.3 is 25.4 Å². The van der Waals surface area contributed by atoms with Crippen LogP contribution in [0.1, 0.15) is 40.9 Å². The number of pyridine rings is 1. The Morgan fingerprint density at radius 1 is 1.02 bits per heavy atom. The number of carbonyl (C=O) groups is 2. The molecular weight excluding hydrogens is 523 g/mol. The molecular formula is C29H28F3N5O3. The van der Waals surface area contributed by atoms with Gasteiger partial charge in [0.15, 0.2) is 0 Å². The van der Waals surface area contributed by atoms with Crippen molar-refractivity contribution in [3.05, 3.63) is 87.3 Å². The topological polar surface area (TPSA) is 97.5 Å². The second kappa shape index (κ2) is 11.7. The van der Waals surface area contributed by atoms with Crippen molar-refractivity contribution in [2.24, 2.45) is 0 Å². The number of halogens is 3. The fourth-order valence-corrected chi connectivity index (χ4v) is 4.36. The molecule has 0 saturated carbocycles. The highest BCUT2D eigenvalue weighted by Crippen LogP contribution is 2.33. The highest BCUT2D eigenvalue weighted by Gasteiger charge is 2.36. The number of amides is 2. The van der Waals surface area contributed by atoms with Crippen molar-refractivity contribution in [3.63, 3.8) is 0 Å². The fraction of sp³-hybridized carbons (Fsp3) is 0.276. The van der Waals surface area contributed by atoms with Gasteiger partial charge in [-0.1, -0.05) is 17.9 Å². The number of hydrogen-bond acceptors (Lipinski definition) is 5. The van der Waals surface area contributed by atoms with Crippen LogP contribution >= 0.6 is 0 Å². The van der Waals surface area contributed by atoms with Crippen molar-refractivity contribution < 1.29 is 22.8 Å². The largest absolute Gasteiger partial charge is 0.417 e. The van der Waals surface area contributed by atoms with Gasteiger partial charge in [-0.25, -0.2) is 0 Å². The van der Waals surface area contributed by atoms with Crippen molar-refractivity contribution in [2.75, 3.05) is 42.2 Å². The summed E-state index contributed by atoms with van der Waals surface area (Å²) < 4.78 is 40.8. The van der Waals surface area contributed by atoms with Crippen LogP contribution in [0.4, 0.5) is 30.2 Å². The summed E-state index contributed by atoms with van der Waals surface area (Å²) in [6.45, 7) is 5.53. The Morgan fingerprint density at radius 2 is 1.75 bits per heavy atom. The maximum absolute atomic E-state index is 13.6. The molecule has 2 amide bonds. The number of nitrogens with one attached hydrogen (secondary N) is 3. The van der Waals surface area contributed by atoms with Crippen molar-refractivity contribution >= 4 is 28.9 Å². The zero-order valence-corrected chi connectivity index (χ0v) is 22.1. The molecule has 0 unspecified atom stereocenters. The standard InChI is InChI=1S/C29H28F3N5O3/c1-18-17-37(12-11-36(18)3)26-10-9-21(8-7-20-5-4-6-22(13-20)34-19(2)38)14-25(26)35-28(40)23-16-33-27(39)15-24(23)29(30,31)32/h4-6,9-10,13-16,18H,11-12,17H2,1-3H3,(H,33,39)(H,34,38)(H,35,40)/t18-/m0/s1. The number of nitrogens with zero attached hydrogens (tertiary/aromatic N) is 2. The minimum atomic E-state index is -4.89. The van der Waals surface area contributed by atoms with E-state index in [0.29, 0.717) is 47.3 Å². The first-order valence-electron chi connectivity index (χ1n) is 12.5. The van der Waals surface area contributed by atoms with Crippen LogP contribution in [0.25, 0.3) is 0 Å². The minimum absolute atomic E-state index is 0.212. The minimum Gasteiger partial charge on any atom is -0.367 e. The number of likely N-dealkylation sites (N-methyl/N-ethyl adjacent to an activating group) is 1. The summed E-state index contributed by atoms with van der Waals surface area (Å²) in [6.07, 6.45) is -4.13. The summed E-state index contributed by atoms with van der Waals surface area (Å²) in [5.41, 5.74) is -0.302. The molecule has 0 radical (unpaired) electrons. The average molecular weight is 552 g/mol. The summed E-state index contributed by atoms with van der Waals surface area (Å²) in [5, 5.41) is 5.31. The highest BCUT2D eigenvalue weighted by molar-refractivity contribution is 6.07. The number of aromatic amines is 1. The Morgan fingerprint density at radius 3 is 2.42 bits per heavy atom. The summed E-state index contributed by atoms with van der Waals surface area (Å²) in [7, 11) is 2.01. The van der Waals surface area contributed by atoms with Gasteiger partial charge in [-0.3, -0.25) is 14.4 Å². The molecule has 2 aromatic carbocycles. The monoisotopic (exact) mass is 551 g/mol. The van der Waals surface area contributed by atoms with E-state index in [1.54, 1.807) is 42.5 Å². The first-order chi connectivity index (χ1) is 18.9. The lowest BCUT2D eigenvalue weighted by atomic mass is 10.1. The van der Waals surface area contributed by atoms with E-state index in [1.807, 2.05) is 7.05 Å². The van der Waals surface area contributed by atoms with Crippen LogP contribution in [-0.2, 0) is 11.0 Å². The van der Waals surface area contributed by atoms with E-state index >= 15 is 0 Å². The number of H-pyrrole nitrogens is 1. The molecule has 3 aromatic rings. The van der Waals surface area contributed by atoms with Gasteiger partial charge in [-0.05, 0) is 50.4 Å². The lowest BCUT2D eigenvalue weighted by Gasteiger charge is -2.39. The number of anilines is 3. The summed E-state index contributed by atoms with van der Waals surface area (Å²) in [5.74, 6) is 4.80. The van der Waals surface area contributed by atoms with Gasteiger partial charge in [0.25, 0.3) is 5.91 Å². The van der Waals surface area contributed by atoms with E-state index < -0.39 is 28.8 Å². The first kappa shape index (κ1) is 28.4. The Hall–Kier alpha value is -4.56. The number of piperazine rings is 1. The molecule has 1 fully saturated rings. The quantitative estimate of drug-likeness (QED) is 0.424. The molecule has 3 N–H and O–H groups in total. The molecule has 11 heteroatoms. The number of aromatic nitrogens is 1. The number of carbonyl (C=O) groups excluding carboxylic acids is 2. The van der Waals surface area contributed by atoms with E-state index in [9.17, 15) is 27.6 Å². The normalized spacial score (nSPS) is 15.7. The van der Waals surface area contributed by atoms with Gasteiger partial charge in [-0.2, -0.15) is 13.2 Å². The number of rotatable bonds is 4. The lowest BCUT2D eigenvalue weighted by Crippen LogP contribution is -2.50. The van der Waals surface area contributed by atoms with Crippen LogP contribution in [0.15, 0.2) is 59.5 Å². The number of hydrogen-bond donors (Lipinski definition) is 3. The van der Waals surface area contributed by atoms with Gasteiger partial charge in [-0.15, -0.1) is 0 Å². The fourth-order valence-electron chi connectivity index (χ4n) is 4.36. The second-order valence-corrected chi connectivity index (χ2v) is 9.60. The van der Waals surface area contributed by atoms with E-state index in [-0.39, 0.29) is 11.9 Å². The molecule has 4 rings (SSSR count).